The van der Waals surface area contributed by atoms with Crippen LogP contribution in [0.1, 0.15) is 19.3 Å². The molecule has 16 heavy (non-hydrogen) atoms. The number of nitrogens with one attached hydrogen (secondary N) is 1. The lowest BCUT2D eigenvalue weighted by atomic mass is 10.1. The maximum atomic E-state index is 12.4. The van der Waals surface area contributed by atoms with Crippen LogP contribution < -0.4 is 5.32 Å². The predicted octanol–water partition coefficient (Wildman–Crippen LogP) is 0.948. The van der Waals surface area contributed by atoms with Crippen LogP contribution in [-0.4, -0.2) is 48.0 Å². The molecule has 2 saturated carbocycles. The Kier molecular flexibility index (Phi) is 2.88. The van der Waals surface area contributed by atoms with Gasteiger partial charge in [-0.3, -0.25) is 4.79 Å². The third-order valence-corrected chi connectivity index (χ3v) is 5.44. The van der Waals surface area contributed by atoms with Gasteiger partial charge in [-0.1, -0.05) is 0 Å². The fourth-order valence-electron chi connectivity index (χ4n) is 3.34. The smallest absolute Gasteiger partial charge is 0.240 e. The highest BCUT2D eigenvalue weighted by Gasteiger charge is 2.51. The van der Waals surface area contributed by atoms with Crippen LogP contribution in [0.2, 0.25) is 0 Å². The van der Waals surface area contributed by atoms with Crippen molar-refractivity contribution in [1.82, 2.24) is 10.2 Å². The van der Waals surface area contributed by atoms with E-state index in [9.17, 15) is 4.79 Å². The molecule has 4 atom stereocenters. The van der Waals surface area contributed by atoms with E-state index in [1.165, 1.54) is 19.3 Å². The molecule has 1 aliphatic heterocycles. The maximum Gasteiger partial charge on any atom is 0.240 e. The Balaban J connectivity index is 1.73. The number of carbonyl (C=O) groups is 1. The predicted molar refractivity (Wildman–Crippen MR) is 66.5 cm³/mol. The third kappa shape index (κ3) is 1.76. The molecule has 1 amide bonds. The van der Waals surface area contributed by atoms with Gasteiger partial charge in [0.2, 0.25) is 5.91 Å². The van der Waals surface area contributed by atoms with Crippen LogP contribution in [-0.2, 0) is 4.79 Å². The van der Waals surface area contributed by atoms with Gasteiger partial charge in [-0.25, -0.2) is 0 Å². The average molecular weight is 240 g/mol. The largest absolute Gasteiger partial charge is 0.337 e. The Morgan fingerprint density at radius 2 is 2.31 bits per heavy atom. The molecule has 1 N–H and O–H groups in total. The normalized spacial score (nSPS) is 43.1. The van der Waals surface area contributed by atoms with E-state index in [-0.39, 0.29) is 6.04 Å². The van der Waals surface area contributed by atoms with Crippen LogP contribution in [0, 0.1) is 11.8 Å². The van der Waals surface area contributed by atoms with Gasteiger partial charge in [-0.15, -0.1) is 0 Å². The Bertz CT molecular complexity index is 297. The van der Waals surface area contributed by atoms with Gasteiger partial charge < -0.3 is 10.2 Å². The molecule has 4 heteroatoms. The van der Waals surface area contributed by atoms with Crippen molar-refractivity contribution < 1.29 is 4.79 Å². The van der Waals surface area contributed by atoms with Crippen molar-refractivity contribution in [3.63, 3.8) is 0 Å². The van der Waals surface area contributed by atoms with Gasteiger partial charge >= 0.3 is 0 Å². The number of fused-ring (bicyclic) bond motifs is 1. The number of amides is 1. The van der Waals surface area contributed by atoms with Crippen LogP contribution in [0.5, 0.6) is 0 Å². The number of hydrogen-bond donors (Lipinski definition) is 1. The molecule has 3 aliphatic rings. The summed E-state index contributed by atoms with van der Waals surface area (Å²) >= 11 is 1.90. The van der Waals surface area contributed by atoms with Crippen molar-refractivity contribution in [2.45, 2.75) is 31.3 Å². The molecule has 0 aromatic rings. The zero-order valence-corrected chi connectivity index (χ0v) is 10.6. The van der Waals surface area contributed by atoms with Crippen molar-refractivity contribution in [1.29, 1.82) is 0 Å². The Morgan fingerprint density at radius 1 is 1.44 bits per heavy atom. The first-order valence-corrected chi connectivity index (χ1v) is 7.52. The summed E-state index contributed by atoms with van der Waals surface area (Å²) in [5.74, 6) is 4.21. The SMILES string of the molecule is CNC1CSCCN(C2CCC3CC32)C1=O. The average Bonchev–Trinajstić information content (AvgIpc) is 3.00. The van der Waals surface area contributed by atoms with E-state index in [2.05, 4.69) is 10.2 Å². The quantitative estimate of drug-likeness (QED) is 0.780. The zero-order valence-electron chi connectivity index (χ0n) is 9.82. The Hall–Kier alpha value is -0.220. The summed E-state index contributed by atoms with van der Waals surface area (Å²) in [4.78, 5) is 14.6. The maximum absolute atomic E-state index is 12.4. The molecule has 0 bridgehead atoms. The lowest BCUT2D eigenvalue weighted by Gasteiger charge is -2.31. The van der Waals surface area contributed by atoms with Crippen molar-refractivity contribution in [3.05, 3.63) is 0 Å². The second-order valence-corrected chi connectivity index (χ2v) is 6.40. The summed E-state index contributed by atoms with van der Waals surface area (Å²) < 4.78 is 0. The first-order valence-electron chi connectivity index (χ1n) is 6.36. The van der Waals surface area contributed by atoms with E-state index in [4.69, 9.17) is 0 Å². The molecule has 3 nitrogen and oxygen atoms in total. The number of rotatable bonds is 2. The van der Waals surface area contributed by atoms with Gasteiger partial charge in [0.25, 0.3) is 0 Å². The minimum Gasteiger partial charge on any atom is -0.337 e. The van der Waals surface area contributed by atoms with E-state index in [1.54, 1.807) is 0 Å². The lowest BCUT2D eigenvalue weighted by Crippen LogP contribution is -2.50. The summed E-state index contributed by atoms with van der Waals surface area (Å²) in [5.41, 5.74) is 0. The number of hydrogen-bond acceptors (Lipinski definition) is 3. The molecular formula is C12H20N2OS. The fourth-order valence-corrected chi connectivity index (χ4v) is 4.38. The summed E-state index contributed by atoms with van der Waals surface area (Å²) in [6, 6.07) is 0.623. The molecule has 90 valence electrons. The second-order valence-electron chi connectivity index (χ2n) is 5.25. The van der Waals surface area contributed by atoms with Crippen LogP contribution in [0.3, 0.4) is 0 Å². The number of thioether (sulfide) groups is 1. The topological polar surface area (TPSA) is 32.3 Å². The second kappa shape index (κ2) is 4.22. The monoisotopic (exact) mass is 240 g/mol. The zero-order chi connectivity index (χ0) is 11.1. The minimum atomic E-state index is 0.0466. The van der Waals surface area contributed by atoms with Crippen molar-refractivity contribution in [2.24, 2.45) is 11.8 Å². The van der Waals surface area contributed by atoms with Gasteiger partial charge in [0.1, 0.15) is 0 Å². The molecule has 3 fully saturated rings. The molecule has 0 spiro atoms. The van der Waals surface area contributed by atoms with Crippen LogP contribution in [0.4, 0.5) is 0 Å². The van der Waals surface area contributed by atoms with Crippen molar-refractivity contribution >= 4 is 17.7 Å². The third-order valence-electron chi connectivity index (χ3n) is 4.40. The molecule has 0 radical (unpaired) electrons. The van der Waals surface area contributed by atoms with Crippen LogP contribution >= 0.6 is 11.8 Å². The summed E-state index contributed by atoms with van der Waals surface area (Å²) in [6.07, 6.45) is 3.99. The molecular weight excluding hydrogens is 220 g/mol. The lowest BCUT2D eigenvalue weighted by molar-refractivity contribution is -0.134. The van der Waals surface area contributed by atoms with E-state index >= 15 is 0 Å². The molecule has 0 aromatic carbocycles. The summed E-state index contributed by atoms with van der Waals surface area (Å²) in [5, 5.41) is 3.16. The molecule has 0 aromatic heterocycles. The minimum absolute atomic E-state index is 0.0466. The first-order chi connectivity index (χ1) is 7.81. The van der Waals surface area contributed by atoms with E-state index in [1.807, 2.05) is 18.8 Å². The highest BCUT2D eigenvalue weighted by molar-refractivity contribution is 7.99. The van der Waals surface area contributed by atoms with Crippen molar-refractivity contribution in [2.75, 3.05) is 25.1 Å². The van der Waals surface area contributed by atoms with E-state index < -0.39 is 0 Å². The van der Waals surface area contributed by atoms with Gasteiger partial charge in [0.05, 0.1) is 6.04 Å². The molecule has 2 aliphatic carbocycles. The van der Waals surface area contributed by atoms with Gasteiger partial charge in [-0.2, -0.15) is 11.8 Å². The number of nitrogens with zero attached hydrogens (tertiary/aromatic N) is 1. The van der Waals surface area contributed by atoms with Gasteiger partial charge in [-0.05, 0) is 38.1 Å². The summed E-state index contributed by atoms with van der Waals surface area (Å²) in [7, 11) is 1.90. The molecule has 4 unspecified atom stereocenters. The van der Waals surface area contributed by atoms with Gasteiger partial charge in [0.15, 0.2) is 0 Å². The highest BCUT2D eigenvalue weighted by Crippen LogP contribution is 2.53. The van der Waals surface area contributed by atoms with E-state index in [0.29, 0.717) is 11.9 Å². The summed E-state index contributed by atoms with van der Waals surface area (Å²) in [6.45, 7) is 0.968. The number of likely N-dealkylation sites (N-methyl/N-ethyl adjacent to an activating group) is 1. The molecule has 1 saturated heterocycles. The van der Waals surface area contributed by atoms with Crippen LogP contribution in [0.15, 0.2) is 0 Å². The fraction of sp³-hybridized carbons (Fsp3) is 0.917. The van der Waals surface area contributed by atoms with Crippen LogP contribution in [0.25, 0.3) is 0 Å². The van der Waals surface area contributed by atoms with Gasteiger partial charge in [0, 0.05) is 24.1 Å². The Morgan fingerprint density at radius 3 is 2.94 bits per heavy atom. The first kappa shape index (κ1) is 10.9. The number of carbonyl (C=O) groups excluding carboxylic acids is 1. The molecule has 3 rings (SSSR count). The van der Waals surface area contributed by atoms with Crippen molar-refractivity contribution in [3.8, 4) is 0 Å². The van der Waals surface area contributed by atoms with E-state index in [0.717, 1.165) is 29.9 Å². The standard InChI is InChI=1S/C12H20N2OS/c1-13-10-7-16-5-4-14(12(10)15)11-3-2-8-6-9(8)11/h8-11,13H,2-7H2,1H3. The highest BCUT2D eigenvalue weighted by atomic mass is 32.2. The Labute approximate surface area is 101 Å². The molecule has 1 heterocycles.